The van der Waals surface area contributed by atoms with Crippen molar-refractivity contribution in [2.24, 2.45) is 0 Å². The third-order valence-corrected chi connectivity index (χ3v) is 3.53. The van der Waals surface area contributed by atoms with Gasteiger partial charge in [-0.3, -0.25) is 4.98 Å². The normalized spacial score (nSPS) is 10.6. The lowest BCUT2D eigenvalue weighted by molar-refractivity contribution is 0.305. The number of rotatable bonds is 3. The van der Waals surface area contributed by atoms with Crippen LogP contribution in [0.3, 0.4) is 0 Å². The predicted molar refractivity (Wildman–Crippen MR) is 74.5 cm³/mol. The Morgan fingerprint density at radius 1 is 1.16 bits per heavy atom. The second kappa shape index (κ2) is 5.76. The molecule has 0 amide bonds. The summed E-state index contributed by atoms with van der Waals surface area (Å²) in [5.74, 6) is 0.0815. The average molecular weight is 300 g/mol. The minimum atomic E-state index is -0.305. The van der Waals surface area contributed by atoms with E-state index in [2.05, 4.69) is 4.98 Å². The summed E-state index contributed by atoms with van der Waals surface area (Å²) in [5.41, 5.74) is 2.01. The molecule has 0 N–H and O–H groups in total. The van der Waals surface area contributed by atoms with E-state index >= 15 is 0 Å². The van der Waals surface area contributed by atoms with Gasteiger partial charge in [0, 0.05) is 0 Å². The zero-order chi connectivity index (χ0) is 14.0. The molecule has 100 valence electrons. The Bertz CT molecular complexity index is 590. The van der Waals surface area contributed by atoms with E-state index in [-0.39, 0.29) is 12.4 Å². The molecule has 2 rings (SSSR count). The third kappa shape index (κ3) is 3.17. The van der Waals surface area contributed by atoms with Gasteiger partial charge in [-0.2, -0.15) is 0 Å². The number of nitrogens with zero attached hydrogens (tertiary/aromatic N) is 1. The molecule has 1 heterocycles. The first-order chi connectivity index (χ1) is 8.99. The van der Waals surface area contributed by atoms with Gasteiger partial charge in [0.1, 0.15) is 22.5 Å². The molecule has 2 nitrogen and oxygen atoms in total. The maximum Gasteiger partial charge on any atom is 0.160 e. The van der Waals surface area contributed by atoms with Crippen molar-refractivity contribution >= 4 is 23.2 Å². The van der Waals surface area contributed by atoms with Crippen LogP contribution in [0.25, 0.3) is 0 Å². The summed E-state index contributed by atoms with van der Waals surface area (Å²) in [5, 5.41) is 0.763. The van der Waals surface area contributed by atoms with Crippen LogP contribution in [0.5, 0.6) is 5.75 Å². The van der Waals surface area contributed by atoms with Crippen molar-refractivity contribution in [1.82, 2.24) is 4.98 Å². The highest BCUT2D eigenvalue weighted by atomic mass is 35.5. The standard InChI is InChI=1S/C14H12Cl2FNO/c1-8-12(15)14(13(16)9(2)18-8)19-7-10-4-3-5-11(17)6-10/h3-6H,7H2,1-2H3. The van der Waals surface area contributed by atoms with Crippen LogP contribution in [0.1, 0.15) is 17.0 Å². The van der Waals surface area contributed by atoms with E-state index in [1.54, 1.807) is 26.0 Å². The van der Waals surface area contributed by atoms with Crippen LogP contribution in [0.2, 0.25) is 10.0 Å². The van der Waals surface area contributed by atoms with Crippen LogP contribution in [-0.2, 0) is 6.61 Å². The average Bonchev–Trinajstić information content (AvgIpc) is 2.36. The minimum Gasteiger partial charge on any atom is -0.486 e. The molecular formula is C14H12Cl2FNO. The molecule has 0 saturated heterocycles. The number of ether oxygens (including phenoxy) is 1. The Labute approximate surface area is 121 Å². The molecule has 1 aromatic carbocycles. The molecule has 0 fully saturated rings. The number of benzene rings is 1. The van der Waals surface area contributed by atoms with E-state index in [0.717, 1.165) is 0 Å². The second-order valence-electron chi connectivity index (χ2n) is 4.16. The Kier molecular flexibility index (Phi) is 4.27. The summed E-state index contributed by atoms with van der Waals surface area (Å²) in [4.78, 5) is 4.20. The van der Waals surface area contributed by atoms with Gasteiger partial charge < -0.3 is 4.74 Å². The van der Waals surface area contributed by atoms with Crippen molar-refractivity contribution in [2.75, 3.05) is 0 Å². The van der Waals surface area contributed by atoms with Gasteiger partial charge in [0.2, 0.25) is 0 Å². The molecule has 19 heavy (non-hydrogen) atoms. The fraction of sp³-hybridized carbons (Fsp3) is 0.214. The largest absolute Gasteiger partial charge is 0.486 e. The summed E-state index contributed by atoms with van der Waals surface area (Å²) < 4.78 is 18.7. The van der Waals surface area contributed by atoms with Gasteiger partial charge in [0.25, 0.3) is 0 Å². The number of hydrogen-bond acceptors (Lipinski definition) is 2. The van der Waals surface area contributed by atoms with Gasteiger partial charge in [-0.05, 0) is 31.5 Å². The first-order valence-corrected chi connectivity index (χ1v) is 6.44. The van der Waals surface area contributed by atoms with E-state index in [4.69, 9.17) is 27.9 Å². The summed E-state index contributed by atoms with van der Waals surface area (Å²) in [7, 11) is 0. The lowest BCUT2D eigenvalue weighted by Crippen LogP contribution is -2.00. The number of aryl methyl sites for hydroxylation is 2. The van der Waals surface area contributed by atoms with E-state index in [0.29, 0.717) is 32.7 Å². The first-order valence-electron chi connectivity index (χ1n) is 5.68. The minimum absolute atomic E-state index is 0.195. The molecule has 0 unspecified atom stereocenters. The maximum absolute atomic E-state index is 13.1. The molecule has 0 bridgehead atoms. The number of pyridine rings is 1. The second-order valence-corrected chi connectivity index (χ2v) is 4.91. The fourth-order valence-corrected chi connectivity index (χ4v) is 2.11. The summed E-state index contributed by atoms with van der Waals surface area (Å²) in [6, 6.07) is 6.18. The highest BCUT2D eigenvalue weighted by Gasteiger charge is 2.14. The molecule has 0 aliphatic carbocycles. The van der Waals surface area contributed by atoms with Gasteiger partial charge in [-0.1, -0.05) is 35.3 Å². The van der Waals surface area contributed by atoms with Crippen LogP contribution in [-0.4, -0.2) is 4.98 Å². The summed E-state index contributed by atoms with van der Waals surface area (Å²) in [6.07, 6.45) is 0. The molecule has 0 aliphatic heterocycles. The molecule has 1 aromatic heterocycles. The Morgan fingerprint density at radius 2 is 1.79 bits per heavy atom. The smallest absolute Gasteiger partial charge is 0.160 e. The van der Waals surface area contributed by atoms with Crippen LogP contribution < -0.4 is 4.74 Å². The van der Waals surface area contributed by atoms with Crippen molar-refractivity contribution in [2.45, 2.75) is 20.5 Å². The van der Waals surface area contributed by atoms with Crippen molar-refractivity contribution in [3.05, 3.63) is 57.1 Å². The van der Waals surface area contributed by atoms with E-state index < -0.39 is 0 Å². The molecule has 2 aromatic rings. The highest BCUT2D eigenvalue weighted by molar-refractivity contribution is 6.37. The number of aromatic nitrogens is 1. The maximum atomic E-state index is 13.1. The van der Waals surface area contributed by atoms with Gasteiger partial charge in [0.15, 0.2) is 5.75 Å². The molecule has 0 saturated carbocycles. The SMILES string of the molecule is Cc1nc(C)c(Cl)c(OCc2cccc(F)c2)c1Cl. The molecule has 0 spiro atoms. The van der Waals surface area contributed by atoms with Crippen LogP contribution in [0, 0.1) is 19.7 Å². The van der Waals surface area contributed by atoms with Crippen LogP contribution in [0.4, 0.5) is 4.39 Å². The molecule has 0 radical (unpaired) electrons. The number of hydrogen-bond donors (Lipinski definition) is 0. The highest BCUT2D eigenvalue weighted by Crippen LogP contribution is 2.36. The first kappa shape index (κ1) is 14.1. The lowest BCUT2D eigenvalue weighted by atomic mass is 10.2. The van der Waals surface area contributed by atoms with Gasteiger partial charge in [0.05, 0.1) is 11.4 Å². The zero-order valence-corrected chi connectivity index (χ0v) is 12.0. The molecule has 0 aliphatic rings. The number of halogens is 3. The van der Waals surface area contributed by atoms with Crippen molar-refractivity contribution in [3.63, 3.8) is 0 Å². The van der Waals surface area contributed by atoms with Crippen LogP contribution in [0.15, 0.2) is 24.3 Å². The monoisotopic (exact) mass is 299 g/mol. The lowest BCUT2D eigenvalue weighted by Gasteiger charge is -2.13. The topological polar surface area (TPSA) is 22.1 Å². The third-order valence-electron chi connectivity index (χ3n) is 2.64. The molecule has 0 atom stereocenters. The van der Waals surface area contributed by atoms with E-state index in [1.165, 1.54) is 12.1 Å². The van der Waals surface area contributed by atoms with E-state index in [1.807, 2.05) is 0 Å². The summed E-state index contributed by atoms with van der Waals surface area (Å²) in [6.45, 7) is 3.75. The van der Waals surface area contributed by atoms with Crippen molar-refractivity contribution in [1.29, 1.82) is 0 Å². The van der Waals surface area contributed by atoms with Gasteiger partial charge >= 0.3 is 0 Å². The Morgan fingerprint density at radius 3 is 2.37 bits per heavy atom. The van der Waals surface area contributed by atoms with E-state index in [9.17, 15) is 4.39 Å². The Hall–Kier alpha value is -1.32. The van der Waals surface area contributed by atoms with Crippen molar-refractivity contribution in [3.8, 4) is 5.75 Å². The zero-order valence-electron chi connectivity index (χ0n) is 10.5. The quantitative estimate of drug-likeness (QED) is 0.818. The van der Waals surface area contributed by atoms with Crippen LogP contribution >= 0.6 is 23.2 Å². The predicted octanol–water partition coefficient (Wildman–Crippen LogP) is 4.72. The Balaban J connectivity index is 2.25. The molecule has 5 heteroatoms. The van der Waals surface area contributed by atoms with Crippen molar-refractivity contribution < 1.29 is 9.13 Å². The fourth-order valence-electron chi connectivity index (χ4n) is 1.68. The van der Waals surface area contributed by atoms with Gasteiger partial charge in [-0.25, -0.2) is 4.39 Å². The molecular weight excluding hydrogens is 288 g/mol. The summed E-state index contributed by atoms with van der Waals surface area (Å²) >= 11 is 12.2. The van der Waals surface area contributed by atoms with Gasteiger partial charge in [-0.15, -0.1) is 0 Å².